The summed E-state index contributed by atoms with van der Waals surface area (Å²) < 4.78 is 0. The summed E-state index contributed by atoms with van der Waals surface area (Å²) in [6.45, 7) is 2.27. The van der Waals surface area contributed by atoms with Crippen molar-refractivity contribution in [2.24, 2.45) is 0 Å². The number of hydrogen-bond acceptors (Lipinski definition) is 5. The lowest BCUT2D eigenvalue weighted by Gasteiger charge is -2.30. The summed E-state index contributed by atoms with van der Waals surface area (Å²) in [7, 11) is 0. The van der Waals surface area contributed by atoms with Crippen molar-refractivity contribution in [1.82, 2.24) is 10.2 Å². The summed E-state index contributed by atoms with van der Waals surface area (Å²) in [5.74, 6) is 0. The molecule has 0 spiro atoms. The predicted octanol–water partition coefficient (Wildman–Crippen LogP) is 2.14. The van der Waals surface area contributed by atoms with Gasteiger partial charge in [-0.25, -0.2) is 4.79 Å². The number of hydrogen-bond donors (Lipinski definition) is 3. The number of urea groups is 1. The fourth-order valence-electron chi connectivity index (χ4n) is 3.12. The summed E-state index contributed by atoms with van der Waals surface area (Å²) in [5, 5.41) is 26.0. The van der Waals surface area contributed by atoms with Gasteiger partial charge in [0.1, 0.15) is 0 Å². The number of aliphatic hydroxyl groups excluding tert-OH is 1. The highest BCUT2D eigenvalue weighted by Crippen LogP contribution is 2.18. The van der Waals surface area contributed by atoms with E-state index in [9.17, 15) is 20.0 Å². The monoisotopic (exact) mass is 370 g/mol. The van der Waals surface area contributed by atoms with Gasteiger partial charge in [-0.15, -0.1) is 0 Å². The van der Waals surface area contributed by atoms with E-state index >= 15 is 0 Å². The van der Waals surface area contributed by atoms with Crippen molar-refractivity contribution in [1.29, 1.82) is 0 Å². The predicted molar refractivity (Wildman–Crippen MR) is 102 cm³/mol. The summed E-state index contributed by atoms with van der Waals surface area (Å²) in [6, 6.07) is 13.4. The zero-order chi connectivity index (χ0) is 19.2. The van der Waals surface area contributed by atoms with Crippen LogP contribution in [0.15, 0.2) is 48.5 Å². The standard InChI is InChI=1S/C19H22N4O4/c24-18(13-22-10-9-14-3-1-2-4-15(14)12-22)11-20-19(25)21-16-5-7-17(8-6-16)23(26)27/h1-8,18,24H,9-13H2,(H2,20,21,25). The number of nitro groups is 1. The molecule has 27 heavy (non-hydrogen) atoms. The zero-order valence-corrected chi connectivity index (χ0v) is 14.8. The van der Waals surface area contributed by atoms with E-state index in [1.807, 2.05) is 12.1 Å². The van der Waals surface area contributed by atoms with E-state index in [2.05, 4.69) is 27.7 Å². The Balaban J connectivity index is 1.42. The van der Waals surface area contributed by atoms with Gasteiger partial charge in [-0.1, -0.05) is 24.3 Å². The number of anilines is 1. The number of nitro benzene ring substituents is 1. The minimum atomic E-state index is -0.683. The summed E-state index contributed by atoms with van der Waals surface area (Å²) >= 11 is 0. The van der Waals surface area contributed by atoms with Crippen LogP contribution in [0.25, 0.3) is 0 Å². The molecule has 1 aliphatic heterocycles. The normalized spacial score (nSPS) is 14.9. The second kappa shape index (κ2) is 8.61. The number of benzene rings is 2. The maximum Gasteiger partial charge on any atom is 0.319 e. The lowest BCUT2D eigenvalue weighted by molar-refractivity contribution is -0.384. The summed E-state index contributed by atoms with van der Waals surface area (Å²) in [4.78, 5) is 24.2. The van der Waals surface area contributed by atoms with Crippen LogP contribution in [0.5, 0.6) is 0 Å². The van der Waals surface area contributed by atoms with E-state index < -0.39 is 17.1 Å². The van der Waals surface area contributed by atoms with E-state index in [0.717, 1.165) is 19.5 Å². The first-order valence-electron chi connectivity index (χ1n) is 8.78. The molecular weight excluding hydrogens is 348 g/mol. The van der Waals surface area contributed by atoms with Crippen LogP contribution in [0.4, 0.5) is 16.2 Å². The fraction of sp³-hybridized carbons (Fsp3) is 0.316. The molecular formula is C19H22N4O4. The quantitative estimate of drug-likeness (QED) is 0.533. The van der Waals surface area contributed by atoms with Crippen molar-refractivity contribution in [2.75, 3.05) is 25.0 Å². The molecule has 2 aromatic rings. The third-order valence-corrected chi connectivity index (χ3v) is 4.51. The third-order valence-electron chi connectivity index (χ3n) is 4.51. The van der Waals surface area contributed by atoms with Gasteiger partial charge in [0.15, 0.2) is 0 Å². The first-order valence-corrected chi connectivity index (χ1v) is 8.78. The van der Waals surface area contributed by atoms with Crippen molar-refractivity contribution >= 4 is 17.4 Å². The van der Waals surface area contributed by atoms with Crippen molar-refractivity contribution < 1.29 is 14.8 Å². The molecule has 0 aromatic heterocycles. The average molecular weight is 370 g/mol. The number of non-ortho nitro benzene ring substituents is 1. The summed E-state index contributed by atoms with van der Waals surface area (Å²) in [5.41, 5.74) is 3.03. The number of amides is 2. The van der Waals surface area contributed by atoms with Gasteiger partial charge in [0.25, 0.3) is 5.69 Å². The molecule has 1 heterocycles. The Bertz CT molecular complexity index is 810. The molecule has 0 saturated carbocycles. The van der Waals surface area contributed by atoms with E-state index in [-0.39, 0.29) is 12.2 Å². The number of carbonyl (C=O) groups excluding carboxylic acids is 1. The van der Waals surface area contributed by atoms with Gasteiger partial charge in [-0.3, -0.25) is 15.0 Å². The van der Waals surface area contributed by atoms with Gasteiger partial charge >= 0.3 is 6.03 Å². The Morgan fingerprint density at radius 2 is 1.89 bits per heavy atom. The van der Waals surface area contributed by atoms with Crippen LogP contribution in [-0.4, -0.2) is 46.7 Å². The number of aliphatic hydroxyl groups is 1. The van der Waals surface area contributed by atoms with E-state index in [1.165, 1.54) is 35.4 Å². The van der Waals surface area contributed by atoms with Crippen LogP contribution in [0.2, 0.25) is 0 Å². The Labute approximate surface area is 157 Å². The van der Waals surface area contributed by atoms with Crippen molar-refractivity contribution in [2.45, 2.75) is 19.1 Å². The van der Waals surface area contributed by atoms with Gasteiger partial charge in [0.05, 0.1) is 11.0 Å². The molecule has 1 unspecified atom stereocenters. The van der Waals surface area contributed by atoms with Crippen molar-refractivity contribution in [3.63, 3.8) is 0 Å². The minimum absolute atomic E-state index is 0.0421. The second-order valence-electron chi connectivity index (χ2n) is 6.55. The van der Waals surface area contributed by atoms with Gasteiger partial charge in [-0.05, 0) is 29.7 Å². The molecule has 1 aliphatic rings. The smallest absolute Gasteiger partial charge is 0.319 e. The lowest BCUT2D eigenvalue weighted by atomic mass is 10.00. The molecule has 0 fully saturated rings. The van der Waals surface area contributed by atoms with Gasteiger partial charge in [0, 0.05) is 44.0 Å². The Morgan fingerprint density at radius 1 is 1.19 bits per heavy atom. The average Bonchev–Trinajstić information content (AvgIpc) is 2.67. The molecule has 1 atom stereocenters. The molecule has 0 bridgehead atoms. The molecule has 2 aromatic carbocycles. The third kappa shape index (κ3) is 5.25. The number of nitrogens with zero attached hydrogens (tertiary/aromatic N) is 2. The second-order valence-corrected chi connectivity index (χ2v) is 6.55. The highest BCUT2D eigenvalue weighted by molar-refractivity contribution is 5.89. The van der Waals surface area contributed by atoms with Crippen LogP contribution in [0.3, 0.4) is 0 Å². The number of β-amino-alcohol motifs (C(OH)–C–C–N with tert-alkyl or cyclic N) is 1. The van der Waals surface area contributed by atoms with Crippen LogP contribution >= 0.6 is 0 Å². The van der Waals surface area contributed by atoms with Gasteiger partial charge in [-0.2, -0.15) is 0 Å². The Kier molecular flexibility index (Phi) is 6.00. The fourth-order valence-corrected chi connectivity index (χ4v) is 3.12. The molecule has 0 saturated heterocycles. The molecule has 8 heteroatoms. The highest BCUT2D eigenvalue weighted by atomic mass is 16.6. The largest absolute Gasteiger partial charge is 0.390 e. The maximum atomic E-state index is 11.9. The van der Waals surface area contributed by atoms with Crippen LogP contribution in [0.1, 0.15) is 11.1 Å². The molecule has 3 rings (SSSR count). The molecule has 2 amide bonds. The number of fused-ring (bicyclic) bond motifs is 1. The van der Waals surface area contributed by atoms with Crippen LogP contribution < -0.4 is 10.6 Å². The van der Waals surface area contributed by atoms with E-state index in [0.29, 0.717) is 12.2 Å². The maximum absolute atomic E-state index is 11.9. The SMILES string of the molecule is O=C(NCC(O)CN1CCc2ccccc2C1)Nc1ccc([N+](=O)[O-])cc1. The topological polar surface area (TPSA) is 108 Å². The van der Waals surface area contributed by atoms with Crippen molar-refractivity contribution in [3.05, 3.63) is 69.8 Å². The highest BCUT2D eigenvalue weighted by Gasteiger charge is 2.18. The van der Waals surface area contributed by atoms with E-state index in [1.54, 1.807) is 0 Å². The number of nitrogens with one attached hydrogen (secondary N) is 2. The summed E-state index contributed by atoms with van der Waals surface area (Å²) in [6.07, 6.45) is 0.273. The minimum Gasteiger partial charge on any atom is -0.390 e. The first-order chi connectivity index (χ1) is 13.0. The molecule has 0 radical (unpaired) electrons. The Hall–Kier alpha value is -2.97. The van der Waals surface area contributed by atoms with E-state index in [4.69, 9.17) is 0 Å². The number of carbonyl (C=O) groups is 1. The van der Waals surface area contributed by atoms with Gasteiger partial charge < -0.3 is 15.7 Å². The Morgan fingerprint density at radius 3 is 2.59 bits per heavy atom. The molecule has 142 valence electrons. The number of rotatable bonds is 6. The van der Waals surface area contributed by atoms with Gasteiger partial charge in [0.2, 0.25) is 0 Å². The van der Waals surface area contributed by atoms with Crippen LogP contribution in [-0.2, 0) is 13.0 Å². The molecule has 8 nitrogen and oxygen atoms in total. The lowest BCUT2D eigenvalue weighted by Crippen LogP contribution is -2.42. The first kappa shape index (κ1) is 18.8. The molecule has 3 N–H and O–H groups in total. The molecule has 0 aliphatic carbocycles. The van der Waals surface area contributed by atoms with Crippen LogP contribution in [0, 0.1) is 10.1 Å². The zero-order valence-electron chi connectivity index (χ0n) is 14.8. The van der Waals surface area contributed by atoms with Crippen molar-refractivity contribution in [3.8, 4) is 0 Å².